The highest BCUT2D eigenvalue weighted by Gasteiger charge is 2.12. The van der Waals surface area contributed by atoms with Gasteiger partial charge in [0.25, 0.3) is 0 Å². The van der Waals surface area contributed by atoms with Gasteiger partial charge in [0.05, 0.1) is 24.1 Å². The second-order valence-electron chi connectivity index (χ2n) is 5.73. The molecule has 0 bridgehead atoms. The van der Waals surface area contributed by atoms with E-state index in [0.717, 1.165) is 28.3 Å². The van der Waals surface area contributed by atoms with Crippen molar-refractivity contribution in [3.05, 3.63) is 42.9 Å². The number of pyridine rings is 1. The number of aromatic nitrogens is 7. The van der Waals surface area contributed by atoms with Crippen LogP contribution in [0.25, 0.3) is 28.3 Å². The molecule has 0 aliphatic carbocycles. The minimum atomic E-state index is 0.205. The SMILES string of the molecule is CC(C)n1ncc(-c2ccc3nc(-c4cccnc4N)cn3n2)n1. The molecule has 4 rings (SSSR count). The minimum absolute atomic E-state index is 0.205. The smallest absolute Gasteiger partial charge is 0.154 e. The van der Waals surface area contributed by atoms with Gasteiger partial charge in [0.1, 0.15) is 17.2 Å². The van der Waals surface area contributed by atoms with Crippen LogP contribution in [0.2, 0.25) is 0 Å². The molecule has 8 heteroatoms. The molecule has 0 saturated heterocycles. The van der Waals surface area contributed by atoms with Gasteiger partial charge in [-0.2, -0.15) is 20.1 Å². The Hall–Kier alpha value is -3.29. The first kappa shape index (κ1) is 14.3. The zero-order chi connectivity index (χ0) is 16.7. The van der Waals surface area contributed by atoms with Crippen LogP contribution in [-0.4, -0.2) is 34.6 Å². The third-order valence-corrected chi connectivity index (χ3v) is 3.67. The first-order chi connectivity index (χ1) is 11.6. The molecule has 0 saturated carbocycles. The maximum atomic E-state index is 5.92. The number of rotatable bonds is 3. The van der Waals surface area contributed by atoms with Crippen LogP contribution >= 0.6 is 0 Å². The first-order valence-corrected chi connectivity index (χ1v) is 7.61. The van der Waals surface area contributed by atoms with Gasteiger partial charge >= 0.3 is 0 Å². The Bertz CT molecular complexity index is 1010. The maximum absolute atomic E-state index is 5.92. The maximum Gasteiger partial charge on any atom is 0.154 e. The van der Waals surface area contributed by atoms with Crippen LogP contribution in [0.15, 0.2) is 42.9 Å². The molecule has 0 atom stereocenters. The lowest BCUT2D eigenvalue weighted by molar-refractivity contribution is 0.467. The molecular formula is C16H16N8. The zero-order valence-electron chi connectivity index (χ0n) is 13.3. The van der Waals surface area contributed by atoms with Crippen molar-refractivity contribution in [2.24, 2.45) is 0 Å². The molecule has 8 nitrogen and oxygen atoms in total. The van der Waals surface area contributed by atoms with Crippen molar-refractivity contribution in [2.75, 3.05) is 5.73 Å². The van der Waals surface area contributed by atoms with E-state index in [1.165, 1.54) is 0 Å². The van der Waals surface area contributed by atoms with Crippen molar-refractivity contribution in [1.82, 2.24) is 34.6 Å². The normalized spacial score (nSPS) is 11.5. The summed E-state index contributed by atoms with van der Waals surface area (Å²) in [6.45, 7) is 4.06. The number of nitrogens with two attached hydrogens (primary N) is 1. The summed E-state index contributed by atoms with van der Waals surface area (Å²) in [4.78, 5) is 10.3. The van der Waals surface area contributed by atoms with Gasteiger partial charge in [-0.15, -0.1) is 0 Å². The summed E-state index contributed by atoms with van der Waals surface area (Å²) in [6.07, 6.45) is 5.20. The Balaban J connectivity index is 1.77. The largest absolute Gasteiger partial charge is 0.383 e. The van der Waals surface area contributed by atoms with Crippen LogP contribution in [0, 0.1) is 0 Å². The molecule has 24 heavy (non-hydrogen) atoms. The van der Waals surface area contributed by atoms with Gasteiger partial charge in [0.2, 0.25) is 0 Å². The van der Waals surface area contributed by atoms with Gasteiger partial charge in [-0.25, -0.2) is 14.5 Å². The molecule has 0 aliphatic heterocycles. The molecule has 0 amide bonds. The van der Waals surface area contributed by atoms with E-state index in [-0.39, 0.29) is 6.04 Å². The molecule has 0 radical (unpaired) electrons. The number of nitrogens with zero attached hydrogens (tertiary/aromatic N) is 7. The van der Waals surface area contributed by atoms with Gasteiger partial charge in [0, 0.05) is 11.8 Å². The molecule has 0 spiro atoms. The predicted molar refractivity (Wildman–Crippen MR) is 90.0 cm³/mol. The van der Waals surface area contributed by atoms with Gasteiger partial charge in [0.15, 0.2) is 5.65 Å². The average molecular weight is 320 g/mol. The fourth-order valence-corrected chi connectivity index (χ4v) is 2.42. The van der Waals surface area contributed by atoms with Gasteiger partial charge in [-0.1, -0.05) is 0 Å². The second kappa shape index (κ2) is 5.41. The third-order valence-electron chi connectivity index (χ3n) is 3.67. The van der Waals surface area contributed by atoms with Crippen molar-refractivity contribution in [3.63, 3.8) is 0 Å². The Kier molecular flexibility index (Phi) is 3.23. The standard InChI is InChI=1S/C16H16N8/c1-10(2)24-19-8-13(22-24)12-5-6-15-20-14(9-23(15)21-12)11-4-3-7-18-16(11)17/h3-10H,1-2H3,(H2,17,18). The summed E-state index contributed by atoms with van der Waals surface area (Å²) in [6, 6.07) is 7.70. The van der Waals surface area contributed by atoms with Crippen LogP contribution in [0.5, 0.6) is 0 Å². The Morgan fingerprint density at radius 2 is 1.92 bits per heavy atom. The molecule has 120 valence electrons. The Labute approximate surface area is 138 Å². The van der Waals surface area contributed by atoms with Crippen molar-refractivity contribution >= 4 is 11.5 Å². The van der Waals surface area contributed by atoms with E-state index in [0.29, 0.717) is 5.82 Å². The number of hydrogen-bond acceptors (Lipinski definition) is 6. The van der Waals surface area contributed by atoms with E-state index in [1.807, 2.05) is 44.3 Å². The summed E-state index contributed by atoms with van der Waals surface area (Å²) < 4.78 is 1.71. The van der Waals surface area contributed by atoms with Crippen molar-refractivity contribution in [3.8, 4) is 22.6 Å². The topological polar surface area (TPSA) is 99.8 Å². The molecule has 4 heterocycles. The summed E-state index contributed by atoms with van der Waals surface area (Å²) >= 11 is 0. The van der Waals surface area contributed by atoms with E-state index < -0.39 is 0 Å². The highest BCUT2D eigenvalue weighted by molar-refractivity contribution is 5.72. The third kappa shape index (κ3) is 2.37. The quantitative estimate of drug-likeness (QED) is 0.621. The predicted octanol–water partition coefficient (Wildman–Crippen LogP) is 2.21. The molecule has 0 aliphatic rings. The van der Waals surface area contributed by atoms with Crippen molar-refractivity contribution in [1.29, 1.82) is 0 Å². The highest BCUT2D eigenvalue weighted by atomic mass is 15.5. The monoisotopic (exact) mass is 320 g/mol. The molecule has 0 aromatic carbocycles. The molecule has 0 unspecified atom stereocenters. The van der Waals surface area contributed by atoms with Crippen LogP contribution in [-0.2, 0) is 0 Å². The number of nitrogen functional groups attached to an aromatic ring is 1. The molecule has 0 fully saturated rings. The fourth-order valence-electron chi connectivity index (χ4n) is 2.42. The lowest BCUT2D eigenvalue weighted by Gasteiger charge is -2.01. The van der Waals surface area contributed by atoms with Crippen LogP contribution in [0.4, 0.5) is 5.82 Å². The fraction of sp³-hybridized carbons (Fsp3) is 0.188. The number of imidazole rings is 1. The van der Waals surface area contributed by atoms with Crippen molar-refractivity contribution in [2.45, 2.75) is 19.9 Å². The lowest BCUT2D eigenvalue weighted by atomic mass is 10.2. The average Bonchev–Trinajstić information content (AvgIpc) is 3.21. The molecular weight excluding hydrogens is 304 g/mol. The number of hydrogen-bond donors (Lipinski definition) is 1. The zero-order valence-corrected chi connectivity index (χ0v) is 13.3. The van der Waals surface area contributed by atoms with Gasteiger partial charge in [-0.3, -0.25) is 0 Å². The van der Waals surface area contributed by atoms with Crippen molar-refractivity contribution < 1.29 is 0 Å². The van der Waals surface area contributed by atoms with E-state index in [9.17, 15) is 0 Å². The number of fused-ring (bicyclic) bond motifs is 1. The van der Waals surface area contributed by atoms with Crippen LogP contribution < -0.4 is 5.73 Å². The first-order valence-electron chi connectivity index (χ1n) is 7.61. The van der Waals surface area contributed by atoms with E-state index in [2.05, 4.69) is 25.3 Å². The second-order valence-corrected chi connectivity index (χ2v) is 5.73. The summed E-state index contributed by atoms with van der Waals surface area (Å²) in [5, 5.41) is 13.3. The minimum Gasteiger partial charge on any atom is -0.383 e. The summed E-state index contributed by atoms with van der Waals surface area (Å²) in [7, 11) is 0. The van der Waals surface area contributed by atoms with Crippen LogP contribution in [0.3, 0.4) is 0 Å². The van der Waals surface area contributed by atoms with Gasteiger partial charge < -0.3 is 5.73 Å². The summed E-state index contributed by atoms with van der Waals surface area (Å²) in [5.74, 6) is 0.445. The number of anilines is 1. The highest BCUT2D eigenvalue weighted by Crippen LogP contribution is 2.23. The Morgan fingerprint density at radius 1 is 1.04 bits per heavy atom. The van der Waals surface area contributed by atoms with E-state index >= 15 is 0 Å². The summed E-state index contributed by atoms with van der Waals surface area (Å²) in [5.41, 5.74) is 9.63. The molecule has 4 aromatic rings. The molecule has 2 N–H and O–H groups in total. The lowest BCUT2D eigenvalue weighted by Crippen LogP contribution is -2.04. The Morgan fingerprint density at radius 3 is 2.67 bits per heavy atom. The molecule has 4 aromatic heterocycles. The van der Waals surface area contributed by atoms with E-state index in [1.54, 1.807) is 21.7 Å². The van der Waals surface area contributed by atoms with Gasteiger partial charge in [-0.05, 0) is 38.1 Å². The van der Waals surface area contributed by atoms with Crippen LogP contribution in [0.1, 0.15) is 19.9 Å². The van der Waals surface area contributed by atoms with E-state index in [4.69, 9.17) is 5.73 Å².